The second kappa shape index (κ2) is 7.42. The number of nitriles is 1. The van der Waals surface area contributed by atoms with E-state index in [2.05, 4.69) is 4.97 Å². The molecule has 1 aliphatic carbocycles. The fourth-order valence-electron chi connectivity index (χ4n) is 1.96. The van der Waals surface area contributed by atoms with Gasteiger partial charge in [0.25, 0.3) is 0 Å². The predicted molar refractivity (Wildman–Crippen MR) is 56.7 cm³/mol. The van der Waals surface area contributed by atoms with Gasteiger partial charge in [0.05, 0.1) is 0 Å². The first-order valence-corrected chi connectivity index (χ1v) is 7.33. The Balaban J connectivity index is 2.23. The van der Waals surface area contributed by atoms with Crippen molar-refractivity contribution in [3.63, 3.8) is 0 Å². The van der Waals surface area contributed by atoms with E-state index in [0.29, 0.717) is 0 Å². The molecule has 0 aliphatic heterocycles. The molecule has 1 saturated carbocycles. The molecule has 0 amide bonds. The van der Waals surface area contributed by atoms with Crippen molar-refractivity contribution in [3.05, 3.63) is 0 Å². The van der Waals surface area contributed by atoms with Crippen LogP contribution in [0.3, 0.4) is 0 Å². The van der Waals surface area contributed by atoms with E-state index in [1.807, 2.05) is 0 Å². The summed E-state index contributed by atoms with van der Waals surface area (Å²) < 4.78 is 0. The number of rotatable bonds is 1. The Morgan fingerprint density at radius 2 is 1.31 bits per heavy atom. The van der Waals surface area contributed by atoms with E-state index < -0.39 is 0 Å². The second-order valence-electron chi connectivity index (χ2n) is 3.88. The second-order valence-corrected chi connectivity index (χ2v) is 6.16. The topological polar surface area (TPSA) is 23.8 Å². The molecule has 74 valence electrons. The molecule has 1 aliphatic rings. The van der Waals surface area contributed by atoms with Gasteiger partial charge >= 0.3 is 87.8 Å². The van der Waals surface area contributed by atoms with Crippen molar-refractivity contribution in [1.82, 2.24) is 0 Å². The average Bonchev–Trinajstić information content (AvgIpc) is 2.16. The molecule has 0 atom stereocenters. The van der Waals surface area contributed by atoms with Crippen LogP contribution in [0.1, 0.15) is 57.8 Å². The predicted octanol–water partition coefficient (Wildman–Crippen LogP) is 3.48. The summed E-state index contributed by atoms with van der Waals surface area (Å²) in [7, 11) is 0. The van der Waals surface area contributed by atoms with E-state index in [9.17, 15) is 0 Å². The van der Waals surface area contributed by atoms with Crippen molar-refractivity contribution in [2.75, 3.05) is 0 Å². The third-order valence-electron chi connectivity index (χ3n) is 2.77. The summed E-state index contributed by atoms with van der Waals surface area (Å²) in [6, 6.07) is 0. The molecule has 1 nitrogen and oxygen atoms in total. The van der Waals surface area contributed by atoms with Gasteiger partial charge in [-0.1, -0.05) is 0 Å². The summed E-state index contributed by atoms with van der Waals surface area (Å²) in [6.45, 7) is 0. The van der Waals surface area contributed by atoms with Crippen molar-refractivity contribution in [3.8, 4) is 4.97 Å². The number of hydrogen-bond donors (Lipinski definition) is 0. The van der Waals surface area contributed by atoms with E-state index in [1.165, 1.54) is 57.8 Å². The van der Waals surface area contributed by atoms with E-state index >= 15 is 0 Å². The van der Waals surface area contributed by atoms with Crippen molar-refractivity contribution in [2.45, 2.75) is 62.6 Å². The number of hydrogen-bond acceptors (Lipinski definition) is 1. The van der Waals surface area contributed by atoms with Gasteiger partial charge in [-0.2, -0.15) is 0 Å². The van der Waals surface area contributed by atoms with E-state index in [0.717, 1.165) is 4.82 Å². The van der Waals surface area contributed by atoms with Crippen LogP contribution in [0.15, 0.2) is 0 Å². The first-order valence-electron chi connectivity index (χ1n) is 5.48. The van der Waals surface area contributed by atoms with Gasteiger partial charge in [0.2, 0.25) is 0 Å². The van der Waals surface area contributed by atoms with Crippen LogP contribution in [-0.4, -0.2) is 15.0 Å². The minimum atomic E-state index is 0.263. The standard InChI is InChI=1S/C11H19NSe/c12-10-13-11-8-6-4-2-1-3-5-7-9-11/h11H,1-9H2. The molecule has 1 fully saturated rings. The molecule has 0 saturated heterocycles. The van der Waals surface area contributed by atoms with Crippen LogP contribution in [0.4, 0.5) is 0 Å². The molecule has 0 aromatic carbocycles. The van der Waals surface area contributed by atoms with Crippen LogP contribution in [0, 0.1) is 10.2 Å². The van der Waals surface area contributed by atoms with Crippen molar-refractivity contribution < 1.29 is 0 Å². The molecule has 2 heteroatoms. The Bertz CT molecular complexity index is 152. The summed E-state index contributed by atoms with van der Waals surface area (Å²) in [5.41, 5.74) is 0. The Hall–Kier alpha value is 0.00948. The molecular formula is C11H19NSe. The SMILES string of the molecule is N#C[Se]C1CCCCCCCCC1. The molecule has 0 N–H and O–H groups in total. The van der Waals surface area contributed by atoms with Crippen LogP contribution in [-0.2, 0) is 0 Å². The van der Waals surface area contributed by atoms with Gasteiger partial charge in [0, 0.05) is 0 Å². The maximum atomic E-state index is 8.68. The van der Waals surface area contributed by atoms with Gasteiger partial charge in [-0.3, -0.25) is 0 Å². The van der Waals surface area contributed by atoms with Crippen LogP contribution >= 0.6 is 0 Å². The van der Waals surface area contributed by atoms with E-state index in [-0.39, 0.29) is 15.0 Å². The van der Waals surface area contributed by atoms with E-state index in [1.54, 1.807) is 0 Å². The van der Waals surface area contributed by atoms with Crippen molar-refractivity contribution >= 4 is 15.0 Å². The summed E-state index contributed by atoms with van der Waals surface area (Å²) in [5, 5.41) is 8.68. The van der Waals surface area contributed by atoms with Crippen LogP contribution in [0.25, 0.3) is 0 Å². The molecule has 0 bridgehead atoms. The molecule has 0 spiro atoms. The van der Waals surface area contributed by atoms with Crippen LogP contribution < -0.4 is 0 Å². The summed E-state index contributed by atoms with van der Waals surface area (Å²) in [5.74, 6) is 0. The summed E-state index contributed by atoms with van der Waals surface area (Å²) in [4.78, 5) is 3.16. The van der Waals surface area contributed by atoms with Crippen LogP contribution in [0.2, 0.25) is 4.82 Å². The average molecular weight is 244 g/mol. The van der Waals surface area contributed by atoms with Crippen molar-refractivity contribution in [2.24, 2.45) is 0 Å². The van der Waals surface area contributed by atoms with Crippen LogP contribution in [0.5, 0.6) is 0 Å². The van der Waals surface area contributed by atoms with Gasteiger partial charge in [-0.05, 0) is 0 Å². The first-order chi connectivity index (χ1) is 6.43. The Morgan fingerprint density at radius 1 is 0.846 bits per heavy atom. The monoisotopic (exact) mass is 245 g/mol. The molecular weight excluding hydrogens is 225 g/mol. The van der Waals surface area contributed by atoms with Crippen molar-refractivity contribution in [1.29, 1.82) is 5.26 Å². The molecule has 0 radical (unpaired) electrons. The van der Waals surface area contributed by atoms with Gasteiger partial charge in [0.15, 0.2) is 0 Å². The Morgan fingerprint density at radius 3 is 1.77 bits per heavy atom. The molecule has 1 rings (SSSR count). The molecule has 0 aromatic heterocycles. The van der Waals surface area contributed by atoms with Gasteiger partial charge < -0.3 is 0 Å². The summed E-state index contributed by atoms with van der Waals surface area (Å²) in [6.07, 6.45) is 12.5. The minimum absolute atomic E-state index is 0.263. The quantitative estimate of drug-likeness (QED) is 0.648. The zero-order chi connectivity index (χ0) is 9.36. The van der Waals surface area contributed by atoms with E-state index in [4.69, 9.17) is 5.26 Å². The van der Waals surface area contributed by atoms with Gasteiger partial charge in [0.1, 0.15) is 0 Å². The normalized spacial score (nSPS) is 22.1. The summed E-state index contributed by atoms with van der Waals surface area (Å²) >= 11 is 0.263. The Labute approximate surface area is 88.1 Å². The molecule has 13 heavy (non-hydrogen) atoms. The third-order valence-corrected chi connectivity index (χ3v) is 4.68. The zero-order valence-corrected chi connectivity index (χ0v) is 10.0. The molecule has 0 heterocycles. The molecule has 0 aromatic rings. The zero-order valence-electron chi connectivity index (χ0n) is 8.30. The fraction of sp³-hybridized carbons (Fsp3) is 0.909. The first kappa shape index (κ1) is 11.1. The Kier molecular flexibility index (Phi) is 6.32. The fourth-order valence-corrected chi connectivity index (χ4v) is 3.47. The third kappa shape index (κ3) is 5.34. The maximum absolute atomic E-state index is 8.68. The number of nitrogens with zero attached hydrogens (tertiary/aromatic N) is 1. The molecule has 0 unspecified atom stereocenters. The van der Waals surface area contributed by atoms with Gasteiger partial charge in [-0.25, -0.2) is 0 Å². The van der Waals surface area contributed by atoms with Gasteiger partial charge in [-0.15, -0.1) is 0 Å².